The number of aliphatic carboxylic acids is 1. The summed E-state index contributed by atoms with van der Waals surface area (Å²) in [6, 6.07) is 19.1. The molecule has 3 aromatic carbocycles. The zero-order valence-electron chi connectivity index (χ0n) is 38.4. The van der Waals surface area contributed by atoms with E-state index in [9.17, 15) is 34.7 Å². The van der Waals surface area contributed by atoms with Crippen LogP contribution in [-0.4, -0.2) is 89.0 Å². The van der Waals surface area contributed by atoms with Crippen molar-refractivity contribution in [2.24, 2.45) is 10.4 Å². The lowest BCUT2D eigenvalue weighted by Gasteiger charge is -2.35. The average molecular weight is 938 g/mol. The van der Waals surface area contributed by atoms with E-state index < -0.39 is 59.4 Å². The van der Waals surface area contributed by atoms with Crippen LogP contribution in [-0.2, 0) is 14.4 Å². The maximum Gasteiger partial charge on any atom is 0.306 e. The van der Waals surface area contributed by atoms with E-state index in [1.807, 2.05) is 108 Å². The summed E-state index contributed by atoms with van der Waals surface area (Å²) in [4.78, 5) is 67.1. The Morgan fingerprint density at radius 1 is 0.940 bits per heavy atom. The highest BCUT2D eigenvalue weighted by Gasteiger charge is 2.45. The van der Waals surface area contributed by atoms with Crippen molar-refractivity contribution in [3.05, 3.63) is 128 Å². The molecule has 8 rings (SSSR count). The van der Waals surface area contributed by atoms with Crippen LogP contribution in [0.4, 0.5) is 0 Å². The predicted octanol–water partition coefficient (Wildman–Crippen LogP) is 7.58. The number of hydrogen-bond acceptors (Lipinski definition) is 12. The Kier molecular flexibility index (Phi) is 12.8. The number of aromatic nitrogens is 4. The van der Waals surface area contributed by atoms with Gasteiger partial charge in [0.15, 0.2) is 5.82 Å². The summed E-state index contributed by atoms with van der Waals surface area (Å²) in [5, 5.41) is 46.4. The SMILES string of the molecule is Cc1ncsc1-c1ccc([C@H](C)NC(=O)[C@@H]2C[C@@H](O)CN2C(=O)[C@@H](NC(=O)c2ccc(-c3ccc(C4=N[C@@H](CC(=O)O)c5nnc(C)n5-c5sc(C)c(C)c54)cc3)c(C#N)c2)C(C)(C)C)cc1. The maximum atomic E-state index is 14.4. The topological polar surface area (TPSA) is 216 Å². The normalized spacial score (nSPS) is 17.6. The zero-order chi connectivity index (χ0) is 48.1. The van der Waals surface area contributed by atoms with Gasteiger partial charge < -0.3 is 25.7 Å². The number of aryl methyl sites for hydroxylation is 3. The minimum absolute atomic E-state index is 0.0454. The number of carbonyl (C=O) groups excluding carboxylic acids is 3. The molecule has 0 bridgehead atoms. The molecule has 1 saturated heterocycles. The molecule has 5 heterocycles. The number of likely N-dealkylation sites (tertiary alicyclic amines) is 1. The van der Waals surface area contributed by atoms with Gasteiger partial charge in [-0.1, -0.05) is 75.4 Å². The van der Waals surface area contributed by atoms with Gasteiger partial charge in [-0.3, -0.25) is 28.7 Å². The molecule has 344 valence electrons. The summed E-state index contributed by atoms with van der Waals surface area (Å²) >= 11 is 3.13. The first kappa shape index (κ1) is 46.7. The number of carbonyl (C=O) groups is 4. The number of nitrogens with one attached hydrogen (secondary N) is 2. The van der Waals surface area contributed by atoms with E-state index in [2.05, 4.69) is 31.9 Å². The number of aliphatic hydroxyl groups excluding tert-OH is 1. The van der Waals surface area contributed by atoms with E-state index in [-0.39, 0.29) is 30.5 Å². The first-order valence-corrected chi connectivity index (χ1v) is 23.6. The second-order valence-electron chi connectivity index (χ2n) is 18.2. The Hall–Kier alpha value is -6.87. The highest BCUT2D eigenvalue weighted by molar-refractivity contribution is 7.15. The molecule has 3 amide bonds. The molecule has 0 aliphatic carbocycles. The van der Waals surface area contributed by atoms with Crippen molar-refractivity contribution in [3.8, 4) is 32.6 Å². The smallest absolute Gasteiger partial charge is 0.306 e. The van der Waals surface area contributed by atoms with Crippen molar-refractivity contribution in [2.75, 3.05) is 6.54 Å². The number of amides is 3. The summed E-state index contributed by atoms with van der Waals surface area (Å²) in [6.45, 7) is 15.1. The molecule has 0 spiro atoms. The molecule has 2 aliphatic heterocycles. The van der Waals surface area contributed by atoms with Crippen molar-refractivity contribution >= 4 is 52.1 Å². The van der Waals surface area contributed by atoms with Crippen LogP contribution in [0.3, 0.4) is 0 Å². The van der Waals surface area contributed by atoms with Gasteiger partial charge in [0.25, 0.3) is 5.91 Å². The van der Waals surface area contributed by atoms with Crippen LogP contribution in [0.15, 0.2) is 77.2 Å². The Morgan fingerprint density at radius 2 is 1.63 bits per heavy atom. The van der Waals surface area contributed by atoms with E-state index >= 15 is 0 Å². The third kappa shape index (κ3) is 9.16. The quantitative estimate of drug-likeness (QED) is 0.0999. The minimum atomic E-state index is -1.09. The van der Waals surface area contributed by atoms with E-state index in [4.69, 9.17) is 4.99 Å². The first-order chi connectivity index (χ1) is 31.8. The Bertz CT molecular complexity index is 2990. The molecule has 0 unspecified atom stereocenters. The summed E-state index contributed by atoms with van der Waals surface area (Å²) in [5.74, 6) is -1.41. The fourth-order valence-electron chi connectivity index (χ4n) is 8.76. The Balaban J connectivity index is 0.996. The maximum absolute atomic E-state index is 14.4. The highest BCUT2D eigenvalue weighted by atomic mass is 32.1. The van der Waals surface area contributed by atoms with Crippen LogP contribution in [0.25, 0.3) is 26.6 Å². The van der Waals surface area contributed by atoms with Crippen molar-refractivity contribution in [2.45, 2.75) is 98.5 Å². The second kappa shape index (κ2) is 18.4. The number of thiophene rings is 1. The zero-order valence-corrected chi connectivity index (χ0v) is 40.0. The number of rotatable bonds is 11. The monoisotopic (exact) mass is 937 g/mol. The molecule has 5 atom stereocenters. The number of nitriles is 1. The number of fused-ring (bicyclic) bond motifs is 3. The largest absolute Gasteiger partial charge is 0.481 e. The summed E-state index contributed by atoms with van der Waals surface area (Å²) in [7, 11) is 0. The summed E-state index contributed by atoms with van der Waals surface area (Å²) in [6.07, 6.45) is -1.16. The van der Waals surface area contributed by atoms with Gasteiger partial charge in [0.1, 0.15) is 29.0 Å². The van der Waals surface area contributed by atoms with Gasteiger partial charge in [-0.05, 0) is 80.0 Å². The fourth-order valence-corrected chi connectivity index (χ4v) is 10.8. The molecular formula is C50H51N9O6S2. The van der Waals surface area contributed by atoms with Gasteiger partial charge in [-0.25, -0.2) is 4.98 Å². The van der Waals surface area contributed by atoms with E-state index in [1.165, 1.54) is 11.0 Å². The third-order valence-corrected chi connectivity index (χ3v) is 14.7. The summed E-state index contributed by atoms with van der Waals surface area (Å²) < 4.78 is 1.90. The number of β-amino-alcohol motifs (C(OH)–C–C–N with tert-alkyl or cyclic N) is 1. The van der Waals surface area contributed by atoms with Gasteiger partial charge in [0, 0.05) is 34.5 Å². The van der Waals surface area contributed by atoms with Crippen molar-refractivity contribution in [1.82, 2.24) is 35.3 Å². The predicted molar refractivity (Wildman–Crippen MR) is 256 cm³/mol. The second-order valence-corrected chi connectivity index (χ2v) is 20.3. The number of carboxylic acids is 1. The number of benzene rings is 3. The van der Waals surface area contributed by atoms with Crippen LogP contribution in [0.5, 0.6) is 0 Å². The fraction of sp³-hybridized carbons (Fsp3) is 0.340. The molecule has 0 radical (unpaired) electrons. The molecule has 6 aromatic rings. The Morgan fingerprint density at radius 3 is 2.27 bits per heavy atom. The summed E-state index contributed by atoms with van der Waals surface area (Å²) in [5.41, 5.74) is 8.79. The van der Waals surface area contributed by atoms with Crippen LogP contribution in [0.2, 0.25) is 0 Å². The first-order valence-electron chi connectivity index (χ1n) is 21.9. The van der Waals surface area contributed by atoms with Crippen molar-refractivity contribution in [1.29, 1.82) is 5.26 Å². The third-order valence-electron chi connectivity index (χ3n) is 12.5. The van der Waals surface area contributed by atoms with Crippen LogP contribution in [0.1, 0.15) is 113 Å². The molecule has 15 nitrogen and oxygen atoms in total. The molecule has 17 heteroatoms. The highest BCUT2D eigenvalue weighted by Crippen LogP contribution is 2.40. The molecule has 67 heavy (non-hydrogen) atoms. The van der Waals surface area contributed by atoms with Gasteiger partial charge >= 0.3 is 5.97 Å². The van der Waals surface area contributed by atoms with Gasteiger partial charge in [-0.2, -0.15) is 5.26 Å². The molecule has 4 N–H and O–H groups in total. The van der Waals surface area contributed by atoms with Gasteiger partial charge in [-0.15, -0.1) is 32.9 Å². The average Bonchev–Trinajstić information content (AvgIpc) is 4.06. The molecular weight excluding hydrogens is 887 g/mol. The van der Waals surface area contributed by atoms with Crippen LogP contribution < -0.4 is 10.6 Å². The Labute approximate surface area is 396 Å². The van der Waals surface area contributed by atoms with E-state index in [0.29, 0.717) is 28.5 Å². The van der Waals surface area contributed by atoms with Crippen LogP contribution >= 0.6 is 22.7 Å². The standard InChI is InChI=1S/C50H51N9O6S2/c1-25-28(4)67-49-41(25)42(54-38(21-40(61)62)45-57-56-29(5)59(45)49)32-13-11-31(12-14-32)37-18-17-34(19-35(37)22-51)46(63)55-44(50(6,7)8)48(65)58-23-36(60)20-39(58)47(64)53-26(2)30-9-15-33(16-10-30)43-27(3)52-24-66-43/h9-19,24,26,36,38-39,44,60H,20-21,23H2,1-8H3,(H,53,64)(H,55,63)(H,61,62)/t26-,36+,38-,39-,44+/m0/s1. The number of thiazole rings is 1. The lowest BCUT2D eigenvalue weighted by molar-refractivity contribution is -0.142. The van der Waals surface area contributed by atoms with E-state index in [0.717, 1.165) is 48.3 Å². The van der Waals surface area contributed by atoms with Gasteiger partial charge in [0.2, 0.25) is 11.8 Å². The number of nitrogens with zero attached hydrogens (tertiary/aromatic N) is 7. The number of hydrogen-bond donors (Lipinski definition) is 4. The minimum Gasteiger partial charge on any atom is -0.481 e. The van der Waals surface area contributed by atoms with Crippen molar-refractivity contribution < 1.29 is 29.4 Å². The molecule has 0 saturated carbocycles. The lowest BCUT2D eigenvalue weighted by atomic mass is 9.85. The lowest BCUT2D eigenvalue weighted by Crippen LogP contribution is -2.57. The van der Waals surface area contributed by atoms with Crippen LogP contribution in [0, 0.1) is 44.4 Å². The van der Waals surface area contributed by atoms with Gasteiger partial charge in [0.05, 0.1) is 52.0 Å². The molecule has 1 fully saturated rings. The molecule has 3 aromatic heterocycles. The van der Waals surface area contributed by atoms with Crippen molar-refractivity contribution in [3.63, 3.8) is 0 Å². The molecule has 2 aliphatic rings. The number of carboxylic acid groups (broad SMARTS) is 1. The van der Waals surface area contributed by atoms with E-state index in [1.54, 1.807) is 40.3 Å². The number of aliphatic hydroxyl groups is 1. The number of aliphatic imine (C=N–C) groups is 1.